The number of rotatable bonds is 1. The van der Waals surface area contributed by atoms with Gasteiger partial charge in [-0.25, -0.2) is 0 Å². The van der Waals surface area contributed by atoms with Gasteiger partial charge in [-0.2, -0.15) is 0 Å². The van der Waals surface area contributed by atoms with Crippen molar-refractivity contribution in [3.05, 3.63) is 11.6 Å². The zero-order chi connectivity index (χ0) is 8.43. The zero-order valence-electron chi connectivity index (χ0n) is 7.92. The van der Waals surface area contributed by atoms with Crippen LogP contribution in [0.2, 0.25) is 0 Å². The van der Waals surface area contributed by atoms with E-state index >= 15 is 0 Å². The van der Waals surface area contributed by atoms with Crippen LogP contribution in [0.5, 0.6) is 0 Å². The van der Waals surface area contributed by atoms with Gasteiger partial charge in [0.05, 0.1) is 6.10 Å². The van der Waals surface area contributed by atoms with Gasteiger partial charge in [0.25, 0.3) is 0 Å². The highest BCUT2D eigenvalue weighted by Gasteiger charge is 2.26. The van der Waals surface area contributed by atoms with E-state index in [0.717, 1.165) is 5.92 Å². The van der Waals surface area contributed by atoms with Crippen molar-refractivity contribution in [2.24, 2.45) is 11.8 Å². The van der Waals surface area contributed by atoms with E-state index in [9.17, 15) is 0 Å². The molecule has 11 heavy (non-hydrogen) atoms. The molecule has 0 N–H and O–H groups in total. The van der Waals surface area contributed by atoms with E-state index in [1.54, 1.807) is 7.11 Å². The van der Waals surface area contributed by atoms with Crippen LogP contribution in [0.3, 0.4) is 0 Å². The van der Waals surface area contributed by atoms with Gasteiger partial charge < -0.3 is 4.74 Å². The van der Waals surface area contributed by atoms with Crippen LogP contribution in [0.15, 0.2) is 11.6 Å². The largest absolute Gasteiger partial charge is 0.377 e. The number of ether oxygens (including phenoxy) is 1. The standard InChI is InChI=1S/C10H18O/c1-7-5-6-8(2)10(11-4)9(7)3/h6-7,9-10H,5H2,1-4H3. The molecule has 0 fully saturated rings. The lowest BCUT2D eigenvalue weighted by Gasteiger charge is -2.32. The molecule has 0 aromatic carbocycles. The van der Waals surface area contributed by atoms with E-state index in [1.165, 1.54) is 12.0 Å². The highest BCUT2D eigenvalue weighted by Crippen LogP contribution is 2.30. The van der Waals surface area contributed by atoms with Gasteiger partial charge in [0.15, 0.2) is 0 Å². The molecule has 0 aromatic heterocycles. The Morgan fingerprint density at radius 2 is 2.09 bits per heavy atom. The lowest BCUT2D eigenvalue weighted by atomic mass is 9.80. The third-order valence-corrected chi connectivity index (χ3v) is 2.89. The summed E-state index contributed by atoms with van der Waals surface area (Å²) in [6, 6.07) is 0. The molecule has 1 rings (SSSR count). The van der Waals surface area contributed by atoms with E-state index in [-0.39, 0.29) is 0 Å². The van der Waals surface area contributed by atoms with Crippen molar-refractivity contribution >= 4 is 0 Å². The number of allylic oxidation sites excluding steroid dienone is 1. The Morgan fingerprint density at radius 3 is 2.55 bits per heavy atom. The Hall–Kier alpha value is -0.300. The van der Waals surface area contributed by atoms with Gasteiger partial charge in [-0.3, -0.25) is 0 Å². The van der Waals surface area contributed by atoms with Crippen molar-refractivity contribution in [2.45, 2.75) is 33.3 Å². The monoisotopic (exact) mass is 154 g/mol. The fraction of sp³-hybridized carbons (Fsp3) is 0.800. The fourth-order valence-corrected chi connectivity index (χ4v) is 1.82. The first-order valence-corrected chi connectivity index (χ1v) is 4.36. The number of hydrogen-bond acceptors (Lipinski definition) is 1. The summed E-state index contributed by atoms with van der Waals surface area (Å²) in [6.07, 6.45) is 3.88. The van der Waals surface area contributed by atoms with E-state index in [4.69, 9.17) is 4.74 Å². The summed E-state index contributed by atoms with van der Waals surface area (Å²) in [4.78, 5) is 0. The Kier molecular flexibility index (Phi) is 2.72. The predicted octanol–water partition coefficient (Wildman–Crippen LogP) is 2.62. The summed E-state index contributed by atoms with van der Waals surface area (Å²) >= 11 is 0. The Labute approximate surface area is 69.4 Å². The first kappa shape index (κ1) is 8.79. The van der Waals surface area contributed by atoms with Crippen LogP contribution in [0.1, 0.15) is 27.2 Å². The average Bonchev–Trinajstić information content (AvgIpc) is 1.99. The van der Waals surface area contributed by atoms with Crippen molar-refractivity contribution in [2.75, 3.05) is 7.11 Å². The topological polar surface area (TPSA) is 9.23 Å². The van der Waals surface area contributed by atoms with Gasteiger partial charge in [0.2, 0.25) is 0 Å². The van der Waals surface area contributed by atoms with Crippen molar-refractivity contribution in [1.29, 1.82) is 0 Å². The smallest absolute Gasteiger partial charge is 0.0806 e. The quantitative estimate of drug-likeness (QED) is 0.527. The molecule has 1 nitrogen and oxygen atoms in total. The minimum absolute atomic E-state index is 0.360. The van der Waals surface area contributed by atoms with Crippen LogP contribution in [0.4, 0.5) is 0 Å². The Morgan fingerprint density at radius 1 is 1.45 bits per heavy atom. The van der Waals surface area contributed by atoms with Crippen LogP contribution >= 0.6 is 0 Å². The molecule has 0 radical (unpaired) electrons. The summed E-state index contributed by atoms with van der Waals surface area (Å²) in [7, 11) is 1.80. The van der Waals surface area contributed by atoms with E-state index in [1.807, 2.05) is 0 Å². The van der Waals surface area contributed by atoms with Gasteiger partial charge >= 0.3 is 0 Å². The summed E-state index contributed by atoms with van der Waals surface area (Å²) < 4.78 is 5.42. The second kappa shape index (κ2) is 3.40. The third-order valence-electron chi connectivity index (χ3n) is 2.89. The molecule has 0 spiro atoms. The molecule has 0 saturated heterocycles. The highest BCUT2D eigenvalue weighted by molar-refractivity contribution is 5.11. The second-order valence-electron chi connectivity index (χ2n) is 3.68. The Bertz CT molecular complexity index is 160. The summed E-state index contributed by atoms with van der Waals surface area (Å²) in [5.74, 6) is 1.44. The zero-order valence-corrected chi connectivity index (χ0v) is 7.92. The van der Waals surface area contributed by atoms with Gasteiger partial charge in [0.1, 0.15) is 0 Å². The van der Waals surface area contributed by atoms with Crippen molar-refractivity contribution in [1.82, 2.24) is 0 Å². The molecule has 0 bridgehead atoms. The predicted molar refractivity (Wildman–Crippen MR) is 47.5 cm³/mol. The van der Waals surface area contributed by atoms with Gasteiger partial charge in [0, 0.05) is 7.11 Å². The molecule has 1 aliphatic carbocycles. The lowest BCUT2D eigenvalue weighted by molar-refractivity contribution is 0.0582. The number of hydrogen-bond donors (Lipinski definition) is 0. The molecule has 1 heteroatoms. The SMILES string of the molecule is COC1C(C)=CCC(C)C1C. The van der Waals surface area contributed by atoms with Crippen molar-refractivity contribution in [3.63, 3.8) is 0 Å². The fourth-order valence-electron chi connectivity index (χ4n) is 1.82. The minimum Gasteiger partial charge on any atom is -0.377 e. The molecule has 0 aliphatic heterocycles. The van der Waals surface area contributed by atoms with E-state index in [2.05, 4.69) is 26.8 Å². The molecule has 0 aromatic rings. The van der Waals surface area contributed by atoms with Crippen molar-refractivity contribution < 1.29 is 4.74 Å². The lowest BCUT2D eigenvalue weighted by Crippen LogP contribution is -2.30. The maximum Gasteiger partial charge on any atom is 0.0806 e. The van der Waals surface area contributed by atoms with Crippen LogP contribution < -0.4 is 0 Å². The molecule has 0 amide bonds. The van der Waals surface area contributed by atoms with Crippen LogP contribution in [0, 0.1) is 11.8 Å². The van der Waals surface area contributed by atoms with Crippen LogP contribution in [0.25, 0.3) is 0 Å². The third kappa shape index (κ3) is 1.64. The summed E-state index contributed by atoms with van der Waals surface area (Å²) in [5, 5.41) is 0. The van der Waals surface area contributed by atoms with Crippen molar-refractivity contribution in [3.8, 4) is 0 Å². The summed E-state index contributed by atoms with van der Waals surface area (Å²) in [6.45, 7) is 6.73. The second-order valence-corrected chi connectivity index (χ2v) is 3.68. The summed E-state index contributed by atoms with van der Waals surface area (Å²) in [5.41, 5.74) is 1.40. The molecule has 3 unspecified atom stereocenters. The first-order chi connectivity index (χ1) is 5.16. The minimum atomic E-state index is 0.360. The molecule has 3 atom stereocenters. The Balaban J connectivity index is 2.72. The first-order valence-electron chi connectivity index (χ1n) is 4.36. The maximum absolute atomic E-state index is 5.42. The van der Waals surface area contributed by atoms with Gasteiger partial charge in [-0.15, -0.1) is 0 Å². The van der Waals surface area contributed by atoms with E-state index in [0.29, 0.717) is 12.0 Å². The van der Waals surface area contributed by atoms with E-state index < -0.39 is 0 Å². The number of methoxy groups -OCH3 is 1. The van der Waals surface area contributed by atoms with Crippen LogP contribution in [-0.2, 0) is 4.74 Å². The van der Waals surface area contributed by atoms with Gasteiger partial charge in [-0.05, 0) is 30.8 Å². The average molecular weight is 154 g/mol. The molecule has 0 heterocycles. The normalized spacial score (nSPS) is 38.5. The van der Waals surface area contributed by atoms with Gasteiger partial charge in [-0.1, -0.05) is 19.9 Å². The maximum atomic E-state index is 5.42. The van der Waals surface area contributed by atoms with Crippen LogP contribution in [-0.4, -0.2) is 13.2 Å². The molecular formula is C10H18O. The highest BCUT2D eigenvalue weighted by atomic mass is 16.5. The molecular weight excluding hydrogens is 136 g/mol. The molecule has 64 valence electrons. The molecule has 0 saturated carbocycles. The molecule has 1 aliphatic rings.